The van der Waals surface area contributed by atoms with Gasteiger partial charge in [-0.25, -0.2) is 5.43 Å². The van der Waals surface area contributed by atoms with Crippen LogP contribution < -0.4 is 29.7 Å². The Labute approximate surface area is 234 Å². The minimum atomic E-state index is -0.378. The van der Waals surface area contributed by atoms with E-state index in [4.69, 9.17) is 18.9 Å². The van der Waals surface area contributed by atoms with Crippen LogP contribution in [0.3, 0.4) is 0 Å². The topological polar surface area (TPSA) is 133 Å². The lowest BCUT2D eigenvalue weighted by Crippen LogP contribution is -2.19. The van der Waals surface area contributed by atoms with E-state index in [1.54, 1.807) is 55.6 Å². The maximum atomic E-state index is 12.3. The molecule has 0 radical (unpaired) electrons. The van der Waals surface area contributed by atoms with Gasteiger partial charge in [0.15, 0.2) is 11.5 Å². The molecule has 206 valence electrons. The summed E-state index contributed by atoms with van der Waals surface area (Å²) < 4.78 is 22.1. The first-order chi connectivity index (χ1) is 19.5. The number of carbonyl (C=O) groups excluding carboxylic acids is 2. The van der Waals surface area contributed by atoms with Crippen molar-refractivity contribution in [1.82, 2.24) is 15.6 Å². The van der Waals surface area contributed by atoms with Crippen LogP contribution in [0.25, 0.3) is 0 Å². The Morgan fingerprint density at radius 1 is 0.875 bits per heavy atom. The molecule has 2 N–H and O–H groups in total. The third-order valence-electron chi connectivity index (χ3n) is 5.28. The second kappa shape index (κ2) is 14.3. The smallest absolute Gasteiger partial charge is 0.257 e. The van der Waals surface area contributed by atoms with Gasteiger partial charge in [0, 0.05) is 11.6 Å². The molecular formula is C28H27N5O6S. The maximum Gasteiger partial charge on any atom is 0.257 e. The van der Waals surface area contributed by atoms with Gasteiger partial charge in [-0.3, -0.25) is 14.9 Å². The monoisotopic (exact) mass is 561 g/mol. The van der Waals surface area contributed by atoms with Gasteiger partial charge in [0.1, 0.15) is 29.7 Å². The number of rotatable bonds is 13. The van der Waals surface area contributed by atoms with Crippen molar-refractivity contribution in [2.24, 2.45) is 5.10 Å². The number of aromatic nitrogens is 2. The van der Waals surface area contributed by atoms with Gasteiger partial charge in [0.2, 0.25) is 11.0 Å². The minimum absolute atomic E-state index is 0.0376. The summed E-state index contributed by atoms with van der Waals surface area (Å²) >= 11 is 1.12. The predicted molar refractivity (Wildman–Crippen MR) is 151 cm³/mol. The molecule has 1 aromatic heterocycles. The van der Waals surface area contributed by atoms with Crippen LogP contribution in [-0.4, -0.2) is 55.7 Å². The highest BCUT2D eigenvalue weighted by Gasteiger charge is 2.12. The Morgan fingerprint density at radius 3 is 2.48 bits per heavy atom. The molecule has 0 aliphatic heterocycles. The molecule has 0 bridgehead atoms. The lowest BCUT2D eigenvalue weighted by Gasteiger charge is -2.12. The summed E-state index contributed by atoms with van der Waals surface area (Å²) in [6.45, 7) is 0.640. The standard InChI is InChI=1S/C28H27N5O6S/c1-36-21-9-6-10-22(16-21)38-13-14-39-23-12-11-19(15-24(23)37-2)18-29-31-25(34)17-26-32-33-28(40-26)30-27(35)20-7-4-3-5-8-20/h3-12,15-16,18H,13-14,17H2,1-2H3,(H,31,34)(H,30,33,35)/b29-18-. The molecule has 3 aromatic carbocycles. The van der Waals surface area contributed by atoms with Gasteiger partial charge >= 0.3 is 0 Å². The SMILES string of the molecule is COc1cccc(OCCOc2ccc(/C=N\NC(=O)Cc3nnc(NC(=O)c4ccccc4)s3)cc2OC)c1. The van der Waals surface area contributed by atoms with Gasteiger partial charge in [-0.15, -0.1) is 10.2 Å². The molecule has 0 atom stereocenters. The number of anilines is 1. The Hall–Kier alpha value is -4.97. The molecule has 1 heterocycles. The molecule has 11 nitrogen and oxygen atoms in total. The number of carbonyl (C=O) groups is 2. The lowest BCUT2D eigenvalue weighted by atomic mass is 10.2. The van der Waals surface area contributed by atoms with E-state index in [0.29, 0.717) is 57.5 Å². The largest absolute Gasteiger partial charge is 0.497 e. The van der Waals surface area contributed by atoms with Gasteiger partial charge < -0.3 is 18.9 Å². The van der Waals surface area contributed by atoms with Gasteiger partial charge in [0.05, 0.1) is 26.9 Å². The first kappa shape index (κ1) is 28.0. The first-order valence-corrected chi connectivity index (χ1v) is 12.9. The normalized spacial score (nSPS) is 10.7. The van der Waals surface area contributed by atoms with Crippen molar-refractivity contribution >= 4 is 34.5 Å². The number of amides is 2. The summed E-state index contributed by atoms with van der Waals surface area (Å²) in [5.41, 5.74) is 3.65. The van der Waals surface area contributed by atoms with E-state index in [0.717, 1.165) is 11.3 Å². The van der Waals surface area contributed by atoms with E-state index in [-0.39, 0.29) is 18.2 Å². The fourth-order valence-electron chi connectivity index (χ4n) is 3.38. The third-order valence-corrected chi connectivity index (χ3v) is 6.12. The van der Waals surface area contributed by atoms with Gasteiger partial charge in [-0.05, 0) is 48.0 Å². The molecule has 0 aliphatic carbocycles. The number of nitrogens with zero attached hydrogens (tertiary/aromatic N) is 3. The van der Waals surface area contributed by atoms with Crippen LogP contribution in [0.15, 0.2) is 77.9 Å². The van der Waals surface area contributed by atoms with E-state index in [1.165, 1.54) is 13.3 Å². The second-order valence-corrected chi connectivity index (χ2v) is 9.14. The van der Waals surface area contributed by atoms with Crippen molar-refractivity contribution in [2.75, 3.05) is 32.8 Å². The summed E-state index contributed by atoms with van der Waals surface area (Å²) in [7, 11) is 3.14. The lowest BCUT2D eigenvalue weighted by molar-refractivity contribution is -0.120. The van der Waals surface area contributed by atoms with Crippen LogP contribution in [0.5, 0.6) is 23.0 Å². The zero-order valence-electron chi connectivity index (χ0n) is 21.8. The van der Waals surface area contributed by atoms with Crippen molar-refractivity contribution in [2.45, 2.75) is 6.42 Å². The van der Waals surface area contributed by atoms with Gasteiger partial charge in [-0.1, -0.05) is 35.6 Å². The zero-order valence-corrected chi connectivity index (χ0v) is 22.6. The summed E-state index contributed by atoms with van der Waals surface area (Å²) in [4.78, 5) is 24.5. The van der Waals surface area contributed by atoms with Gasteiger partial charge in [-0.2, -0.15) is 5.10 Å². The second-order valence-electron chi connectivity index (χ2n) is 8.08. The van der Waals surface area contributed by atoms with Crippen LogP contribution in [0, 0.1) is 0 Å². The van der Waals surface area contributed by atoms with Crippen molar-refractivity contribution in [1.29, 1.82) is 0 Å². The quantitative estimate of drug-likeness (QED) is 0.142. The van der Waals surface area contributed by atoms with E-state index in [1.807, 2.05) is 24.3 Å². The number of hydrogen-bond donors (Lipinski definition) is 2. The highest BCUT2D eigenvalue weighted by molar-refractivity contribution is 7.15. The minimum Gasteiger partial charge on any atom is -0.497 e. The number of hydrazone groups is 1. The average molecular weight is 562 g/mol. The van der Waals surface area contributed by atoms with Crippen molar-refractivity contribution in [3.05, 3.63) is 88.9 Å². The molecule has 0 aliphatic rings. The van der Waals surface area contributed by atoms with Crippen LogP contribution in [0.2, 0.25) is 0 Å². The highest BCUT2D eigenvalue weighted by atomic mass is 32.1. The molecule has 0 saturated heterocycles. The van der Waals surface area contributed by atoms with Crippen LogP contribution >= 0.6 is 11.3 Å². The summed E-state index contributed by atoms with van der Waals surface area (Å²) in [5.74, 6) is 1.78. The molecular weight excluding hydrogens is 534 g/mol. The van der Waals surface area contributed by atoms with Crippen LogP contribution in [-0.2, 0) is 11.2 Å². The number of nitrogens with one attached hydrogen (secondary N) is 2. The molecule has 4 rings (SSSR count). The van der Waals surface area contributed by atoms with Crippen molar-refractivity contribution in [3.63, 3.8) is 0 Å². The molecule has 0 saturated carbocycles. The van der Waals surface area contributed by atoms with E-state index in [2.05, 4.69) is 26.0 Å². The van der Waals surface area contributed by atoms with Crippen molar-refractivity contribution in [3.8, 4) is 23.0 Å². The van der Waals surface area contributed by atoms with E-state index < -0.39 is 0 Å². The Bertz CT molecular complexity index is 1460. The molecule has 12 heteroatoms. The molecule has 0 spiro atoms. The average Bonchev–Trinajstić information content (AvgIpc) is 3.42. The maximum absolute atomic E-state index is 12.3. The fraction of sp³-hybridized carbons (Fsp3) is 0.179. The molecule has 4 aromatic rings. The predicted octanol–water partition coefficient (Wildman–Crippen LogP) is 3.96. The Morgan fingerprint density at radius 2 is 1.68 bits per heavy atom. The molecule has 2 amide bonds. The number of benzene rings is 3. The molecule has 40 heavy (non-hydrogen) atoms. The van der Waals surface area contributed by atoms with E-state index in [9.17, 15) is 9.59 Å². The Kier molecular flexibility index (Phi) is 10.00. The number of hydrogen-bond acceptors (Lipinski definition) is 10. The van der Waals surface area contributed by atoms with Crippen LogP contribution in [0.1, 0.15) is 20.9 Å². The molecule has 0 unspecified atom stereocenters. The summed E-state index contributed by atoms with van der Waals surface area (Å²) in [6.07, 6.45) is 1.45. The summed E-state index contributed by atoms with van der Waals surface area (Å²) in [6, 6.07) is 21.3. The van der Waals surface area contributed by atoms with Crippen molar-refractivity contribution < 1.29 is 28.5 Å². The Balaban J connectivity index is 1.22. The zero-order chi connectivity index (χ0) is 28.2. The fourth-order valence-corrected chi connectivity index (χ4v) is 4.11. The summed E-state index contributed by atoms with van der Waals surface area (Å²) in [5, 5.41) is 15.3. The first-order valence-electron chi connectivity index (χ1n) is 12.1. The van der Waals surface area contributed by atoms with E-state index >= 15 is 0 Å². The number of methoxy groups -OCH3 is 2. The van der Waals surface area contributed by atoms with Gasteiger partial charge in [0.25, 0.3) is 5.91 Å². The highest BCUT2D eigenvalue weighted by Crippen LogP contribution is 2.27. The third kappa shape index (κ3) is 8.27. The number of ether oxygens (including phenoxy) is 4. The van der Waals surface area contributed by atoms with Crippen LogP contribution in [0.4, 0.5) is 5.13 Å². The molecule has 0 fully saturated rings.